The maximum atomic E-state index is 13.5. The normalized spacial score (nSPS) is 18.3. The first-order valence-corrected chi connectivity index (χ1v) is 9.72. The minimum absolute atomic E-state index is 0.0111. The van der Waals surface area contributed by atoms with Crippen LogP contribution < -0.4 is 9.47 Å². The molecule has 5 heteroatoms. The van der Waals surface area contributed by atoms with Crippen molar-refractivity contribution in [3.05, 3.63) is 83.7 Å². The highest BCUT2D eigenvalue weighted by Crippen LogP contribution is 2.35. The topological polar surface area (TPSA) is 43.7 Å². The van der Waals surface area contributed by atoms with E-state index in [1.54, 1.807) is 0 Å². The standard InChI is InChI=1S/C23H22N2O3/c26-23(18-9-10-20-21(16-18)28-15-5-14-27-20)25-13-12-24-11-4-8-19(24)22(25)17-6-2-1-3-7-17/h1-4,6-11,16,22H,5,12-15H2/t22-/m1/s1. The fourth-order valence-electron chi connectivity index (χ4n) is 4.05. The summed E-state index contributed by atoms with van der Waals surface area (Å²) in [6.07, 6.45) is 2.93. The molecule has 1 aromatic heterocycles. The van der Waals surface area contributed by atoms with Crippen LogP contribution in [0.5, 0.6) is 11.5 Å². The number of rotatable bonds is 2. The van der Waals surface area contributed by atoms with Crippen LogP contribution in [0.1, 0.15) is 34.1 Å². The van der Waals surface area contributed by atoms with Crippen LogP contribution in [0.25, 0.3) is 0 Å². The number of benzene rings is 2. The highest BCUT2D eigenvalue weighted by atomic mass is 16.5. The lowest BCUT2D eigenvalue weighted by atomic mass is 9.99. The van der Waals surface area contributed by atoms with E-state index >= 15 is 0 Å². The fourth-order valence-corrected chi connectivity index (χ4v) is 4.05. The number of ether oxygens (including phenoxy) is 2. The molecule has 5 nitrogen and oxygen atoms in total. The van der Waals surface area contributed by atoms with Gasteiger partial charge in [0.2, 0.25) is 0 Å². The quantitative estimate of drug-likeness (QED) is 0.683. The third-order valence-corrected chi connectivity index (χ3v) is 5.41. The van der Waals surface area contributed by atoms with Crippen molar-refractivity contribution >= 4 is 5.91 Å². The molecule has 0 spiro atoms. The van der Waals surface area contributed by atoms with Gasteiger partial charge in [0.25, 0.3) is 5.91 Å². The maximum absolute atomic E-state index is 13.5. The number of hydrogen-bond acceptors (Lipinski definition) is 3. The molecule has 2 aromatic carbocycles. The Morgan fingerprint density at radius 1 is 0.893 bits per heavy atom. The van der Waals surface area contributed by atoms with Gasteiger partial charge in [0, 0.05) is 37.0 Å². The van der Waals surface area contributed by atoms with Crippen molar-refractivity contribution in [3.8, 4) is 11.5 Å². The number of amides is 1. The van der Waals surface area contributed by atoms with Crippen molar-refractivity contribution in [2.45, 2.75) is 19.0 Å². The van der Waals surface area contributed by atoms with Gasteiger partial charge in [-0.25, -0.2) is 0 Å². The zero-order valence-electron chi connectivity index (χ0n) is 15.6. The minimum atomic E-state index is -0.103. The molecule has 0 saturated carbocycles. The Bertz CT molecular complexity index is 996. The number of hydrogen-bond donors (Lipinski definition) is 0. The number of fused-ring (bicyclic) bond motifs is 2. The lowest BCUT2D eigenvalue weighted by Crippen LogP contribution is -2.42. The molecule has 1 atom stereocenters. The van der Waals surface area contributed by atoms with Crippen molar-refractivity contribution < 1.29 is 14.3 Å². The Morgan fingerprint density at radius 3 is 2.57 bits per heavy atom. The smallest absolute Gasteiger partial charge is 0.254 e. The Balaban J connectivity index is 1.52. The first-order valence-electron chi connectivity index (χ1n) is 9.72. The van der Waals surface area contributed by atoms with E-state index in [1.807, 2.05) is 47.4 Å². The highest BCUT2D eigenvalue weighted by Gasteiger charge is 2.33. The summed E-state index contributed by atoms with van der Waals surface area (Å²) in [6, 6.07) is 19.8. The summed E-state index contributed by atoms with van der Waals surface area (Å²) in [5, 5.41) is 0. The number of carbonyl (C=O) groups excluding carboxylic acids is 1. The Hall–Kier alpha value is -3.21. The molecule has 28 heavy (non-hydrogen) atoms. The molecule has 0 unspecified atom stereocenters. The molecule has 142 valence electrons. The minimum Gasteiger partial charge on any atom is -0.490 e. The molecular formula is C23H22N2O3. The second kappa shape index (κ2) is 7.08. The second-order valence-electron chi connectivity index (χ2n) is 7.15. The Labute approximate surface area is 164 Å². The van der Waals surface area contributed by atoms with Gasteiger partial charge < -0.3 is 18.9 Å². The molecule has 0 bridgehead atoms. The summed E-state index contributed by atoms with van der Waals surface area (Å²) < 4.78 is 13.7. The van der Waals surface area contributed by atoms with E-state index in [-0.39, 0.29) is 11.9 Å². The summed E-state index contributed by atoms with van der Waals surface area (Å²) in [5.41, 5.74) is 2.88. The molecule has 3 aromatic rings. The lowest BCUT2D eigenvalue weighted by molar-refractivity contribution is 0.0663. The van der Waals surface area contributed by atoms with Crippen LogP contribution in [0.15, 0.2) is 66.9 Å². The molecular weight excluding hydrogens is 352 g/mol. The van der Waals surface area contributed by atoms with Gasteiger partial charge in [-0.15, -0.1) is 0 Å². The highest BCUT2D eigenvalue weighted by molar-refractivity contribution is 5.95. The van der Waals surface area contributed by atoms with Crippen molar-refractivity contribution in [1.29, 1.82) is 0 Å². The Kier molecular flexibility index (Phi) is 4.28. The number of aromatic nitrogens is 1. The number of nitrogens with zero attached hydrogens (tertiary/aromatic N) is 2. The third kappa shape index (κ3) is 2.93. The SMILES string of the molecule is O=C(c1ccc2c(c1)OCCCO2)N1CCn2cccc2[C@H]1c1ccccc1. The van der Waals surface area contributed by atoms with E-state index in [1.165, 1.54) is 0 Å². The van der Waals surface area contributed by atoms with Crippen LogP contribution in [0.3, 0.4) is 0 Å². The average Bonchev–Trinajstić information content (AvgIpc) is 3.10. The van der Waals surface area contributed by atoms with Gasteiger partial charge in [-0.05, 0) is 35.9 Å². The van der Waals surface area contributed by atoms with E-state index in [2.05, 4.69) is 29.0 Å². The van der Waals surface area contributed by atoms with Crippen LogP contribution in [0.4, 0.5) is 0 Å². The second-order valence-corrected chi connectivity index (χ2v) is 7.15. The summed E-state index contributed by atoms with van der Waals surface area (Å²) in [7, 11) is 0. The van der Waals surface area contributed by atoms with E-state index < -0.39 is 0 Å². The monoisotopic (exact) mass is 374 g/mol. The largest absolute Gasteiger partial charge is 0.490 e. The van der Waals surface area contributed by atoms with E-state index in [4.69, 9.17) is 9.47 Å². The van der Waals surface area contributed by atoms with Crippen molar-refractivity contribution in [2.75, 3.05) is 19.8 Å². The van der Waals surface area contributed by atoms with Gasteiger partial charge in [-0.1, -0.05) is 30.3 Å². The molecule has 0 radical (unpaired) electrons. The zero-order chi connectivity index (χ0) is 18.9. The van der Waals surface area contributed by atoms with Gasteiger partial charge in [0.1, 0.15) is 0 Å². The van der Waals surface area contributed by atoms with E-state index in [9.17, 15) is 4.79 Å². The summed E-state index contributed by atoms with van der Waals surface area (Å²) in [5.74, 6) is 1.37. The molecule has 1 amide bonds. The van der Waals surface area contributed by atoms with Gasteiger partial charge in [-0.2, -0.15) is 0 Å². The van der Waals surface area contributed by atoms with Crippen LogP contribution in [0.2, 0.25) is 0 Å². The Morgan fingerprint density at radius 2 is 1.71 bits per heavy atom. The molecule has 0 fully saturated rings. The first kappa shape index (κ1) is 16.9. The van der Waals surface area contributed by atoms with Gasteiger partial charge >= 0.3 is 0 Å². The predicted octanol–water partition coefficient (Wildman–Crippen LogP) is 3.89. The fraction of sp³-hybridized carbons (Fsp3) is 0.261. The maximum Gasteiger partial charge on any atom is 0.254 e. The molecule has 3 heterocycles. The molecule has 2 aliphatic rings. The van der Waals surface area contributed by atoms with Gasteiger partial charge in [-0.3, -0.25) is 4.79 Å². The van der Waals surface area contributed by atoms with E-state index in [0.29, 0.717) is 36.8 Å². The molecule has 0 saturated heterocycles. The predicted molar refractivity (Wildman–Crippen MR) is 106 cm³/mol. The third-order valence-electron chi connectivity index (χ3n) is 5.41. The van der Waals surface area contributed by atoms with Crippen molar-refractivity contribution in [1.82, 2.24) is 9.47 Å². The first-order chi connectivity index (χ1) is 13.8. The summed E-state index contributed by atoms with van der Waals surface area (Å²) in [6.45, 7) is 2.70. The van der Waals surface area contributed by atoms with Crippen LogP contribution >= 0.6 is 0 Å². The zero-order valence-corrected chi connectivity index (χ0v) is 15.6. The molecule has 0 aliphatic carbocycles. The summed E-state index contributed by atoms with van der Waals surface area (Å²) >= 11 is 0. The van der Waals surface area contributed by atoms with Crippen LogP contribution in [-0.4, -0.2) is 35.1 Å². The number of carbonyl (C=O) groups is 1. The van der Waals surface area contributed by atoms with Crippen molar-refractivity contribution in [3.63, 3.8) is 0 Å². The summed E-state index contributed by atoms with van der Waals surface area (Å²) in [4.78, 5) is 15.5. The molecule has 2 aliphatic heterocycles. The van der Waals surface area contributed by atoms with Crippen molar-refractivity contribution in [2.24, 2.45) is 0 Å². The average molecular weight is 374 g/mol. The van der Waals surface area contributed by atoms with Crippen LogP contribution in [-0.2, 0) is 6.54 Å². The van der Waals surface area contributed by atoms with Gasteiger partial charge in [0.15, 0.2) is 11.5 Å². The van der Waals surface area contributed by atoms with Crippen LogP contribution in [0, 0.1) is 0 Å². The lowest BCUT2D eigenvalue weighted by Gasteiger charge is -2.37. The van der Waals surface area contributed by atoms with Gasteiger partial charge in [0.05, 0.1) is 19.3 Å². The van der Waals surface area contributed by atoms with E-state index in [0.717, 1.165) is 24.2 Å². The molecule has 5 rings (SSSR count). The molecule has 0 N–H and O–H groups in total.